The number of amides is 1. The molecular weight excluding hydrogens is 354 g/mol. The summed E-state index contributed by atoms with van der Waals surface area (Å²) in [5, 5.41) is 25.4. The van der Waals surface area contributed by atoms with Gasteiger partial charge in [-0.3, -0.25) is 4.79 Å². The van der Waals surface area contributed by atoms with E-state index in [4.69, 9.17) is 26.5 Å². The van der Waals surface area contributed by atoms with Gasteiger partial charge in [0.15, 0.2) is 10.8 Å². The Morgan fingerprint density at radius 2 is 2.00 bits per heavy atom. The van der Waals surface area contributed by atoms with Gasteiger partial charge in [-0.15, -0.1) is 11.3 Å². The molecule has 2 atom stereocenters. The maximum atomic E-state index is 12.4. The van der Waals surface area contributed by atoms with Gasteiger partial charge in [0.2, 0.25) is 5.60 Å². The number of hydrogen-bond acceptors (Lipinski definition) is 9. The zero-order chi connectivity index (χ0) is 19.4. The van der Waals surface area contributed by atoms with E-state index in [1.165, 1.54) is 26.2 Å². The van der Waals surface area contributed by atoms with Gasteiger partial charge in [0.1, 0.15) is 11.7 Å². The zero-order valence-electron chi connectivity index (χ0n) is 13.7. The number of carbonyl (C=O) groups is 3. The molecule has 0 spiro atoms. The molecule has 0 bridgehead atoms. The summed E-state index contributed by atoms with van der Waals surface area (Å²) in [6, 6.07) is -2.28. The third-order valence-corrected chi connectivity index (χ3v) is 3.61. The van der Waals surface area contributed by atoms with Crippen LogP contribution in [0, 0.1) is 0 Å². The summed E-state index contributed by atoms with van der Waals surface area (Å²) in [6.07, 6.45) is 0. The first-order valence-electron chi connectivity index (χ1n) is 6.96. The molecule has 7 N–H and O–H groups in total. The summed E-state index contributed by atoms with van der Waals surface area (Å²) in [7, 11) is 0. The summed E-state index contributed by atoms with van der Waals surface area (Å²) in [4.78, 5) is 43.4. The molecule has 1 rings (SSSR count). The predicted molar refractivity (Wildman–Crippen MR) is 89.1 cm³/mol. The molecule has 138 valence electrons. The third kappa shape index (κ3) is 5.39. The summed E-state index contributed by atoms with van der Waals surface area (Å²) < 4.78 is 0. The van der Waals surface area contributed by atoms with Crippen molar-refractivity contribution >= 4 is 40.0 Å². The lowest BCUT2D eigenvalue weighted by molar-refractivity contribution is -0.161. The van der Waals surface area contributed by atoms with Crippen molar-refractivity contribution in [3.8, 4) is 0 Å². The molecule has 0 saturated heterocycles. The Labute approximate surface area is 146 Å². The Morgan fingerprint density at radius 3 is 2.40 bits per heavy atom. The van der Waals surface area contributed by atoms with E-state index in [2.05, 4.69) is 15.5 Å². The predicted octanol–water partition coefficient (Wildman–Crippen LogP) is -0.774. The molecule has 25 heavy (non-hydrogen) atoms. The SMILES string of the molecule is C[C@H](N)[C@H](NC(=O)C(=NOC(C)(C)C(=O)O)c1csc(N)n1)C(=O)O. The van der Waals surface area contributed by atoms with Crippen molar-refractivity contribution in [1.82, 2.24) is 10.3 Å². The molecule has 0 fully saturated rings. The lowest BCUT2D eigenvalue weighted by Gasteiger charge is -2.19. The fourth-order valence-electron chi connectivity index (χ4n) is 1.43. The van der Waals surface area contributed by atoms with Crippen LogP contribution in [0.2, 0.25) is 0 Å². The number of carbonyl (C=O) groups excluding carboxylic acids is 1. The van der Waals surface area contributed by atoms with Gasteiger partial charge in [-0.05, 0) is 20.8 Å². The molecule has 0 aliphatic rings. The van der Waals surface area contributed by atoms with E-state index in [1.807, 2.05) is 0 Å². The maximum absolute atomic E-state index is 12.4. The number of nitrogens with zero attached hydrogens (tertiary/aromatic N) is 2. The lowest BCUT2D eigenvalue weighted by atomic mass is 10.1. The highest BCUT2D eigenvalue weighted by atomic mass is 32.1. The van der Waals surface area contributed by atoms with Crippen LogP contribution in [0.5, 0.6) is 0 Å². The van der Waals surface area contributed by atoms with Crippen LogP contribution in [0.4, 0.5) is 5.13 Å². The minimum absolute atomic E-state index is 0.00926. The Kier molecular flexibility index (Phi) is 6.42. The van der Waals surface area contributed by atoms with Crippen LogP contribution in [0.3, 0.4) is 0 Å². The second-order valence-electron chi connectivity index (χ2n) is 5.57. The number of hydrogen-bond donors (Lipinski definition) is 5. The van der Waals surface area contributed by atoms with Gasteiger partial charge in [-0.1, -0.05) is 5.16 Å². The minimum atomic E-state index is -1.72. The number of nitrogens with two attached hydrogens (primary N) is 2. The molecular formula is C13H19N5O6S. The van der Waals surface area contributed by atoms with Crippen LogP contribution >= 0.6 is 11.3 Å². The smallest absolute Gasteiger partial charge is 0.350 e. The fraction of sp³-hybridized carbons (Fsp3) is 0.462. The van der Waals surface area contributed by atoms with Gasteiger partial charge in [0.05, 0.1) is 0 Å². The van der Waals surface area contributed by atoms with Crippen LogP contribution in [0.1, 0.15) is 26.5 Å². The van der Waals surface area contributed by atoms with Crippen molar-refractivity contribution in [2.24, 2.45) is 10.9 Å². The van der Waals surface area contributed by atoms with Crippen molar-refractivity contribution in [3.63, 3.8) is 0 Å². The number of nitrogen functional groups attached to an aromatic ring is 1. The fourth-order valence-corrected chi connectivity index (χ4v) is 1.98. The van der Waals surface area contributed by atoms with Gasteiger partial charge in [-0.25, -0.2) is 14.6 Å². The summed E-state index contributed by atoms with van der Waals surface area (Å²) in [5.74, 6) is -3.60. The second-order valence-corrected chi connectivity index (χ2v) is 6.46. The number of carboxylic acid groups (broad SMARTS) is 2. The zero-order valence-corrected chi connectivity index (χ0v) is 14.5. The number of nitrogens with one attached hydrogen (secondary N) is 1. The Morgan fingerprint density at radius 1 is 1.40 bits per heavy atom. The average molecular weight is 373 g/mol. The summed E-state index contributed by atoms with van der Waals surface area (Å²) >= 11 is 1.01. The summed E-state index contributed by atoms with van der Waals surface area (Å²) in [6.45, 7) is 3.86. The first-order valence-corrected chi connectivity index (χ1v) is 7.84. The quantitative estimate of drug-likeness (QED) is 0.287. The number of aromatic nitrogens is 1. The standard InChI is InChI=1S/C13H19N5O6S/c1-5(14)7(10(20)21)17-9(19)8(6-4-25-12(15)16-6)18-24-13(2,3)11(22)23/h4-5,7H,14H2,1-3H3,(H2,15,16)(H,17,19)(H,20,21)(H,22,23)/t5-,7-/m0/s1. The van der Waals surface area contributed by atoms with Crippen LogP contribution in [0.15, 0.2) is 10.5 Å². The van der Waals surface area contributed by atoms with Crippen LogP contribution in [-0.2, 0) is 19.2 Å². The molecule has 1 aromatic heterocycles. The molecule has 1 amide bonds. The van der Waals surface area contributed by atoms with Crippen LogP contribution in [0.25, 0.3) is 0 Å². The Bertz CT molecular complexity index is 699. The molecule has 0 radical (unpaired) electrons. The topological polar surface area (TPSA) is 190 Å². The van der Waals surface area contributed by atoms with E-state index in [-0.39, 0.29) is 10.8 Å². The minimum Gasteiger partial charge on any atom is -0.480 e. The second kappa shape index (κ2) is 7.90. The number of aliphatic carboxylic acids is 2. The molecule has 0 saturated carbocycles. The first-order chi connectivity index (χ1) is 11.5. The van der Waals surface area contributed by atoms with Gasteiger partial charge < -0.3 is 31.8 Å². The monoisotopic (exact) mass is 373 g/mol. The molecule has 1 heterocycles. The van der Waals surface area contributed by atoms with E-state index in [1.54, 1.807) is 0 Å². The van der Waals surface area contributed by atoms with Gasteiger partial charge in [-0.2, -0.15) is 0 Å². The van der Waals surface area contributed by atoms with Gasteiger partial charge in [0.25, 0.3) is 5.91 Å². The van der Waals surface area contributed by atoms with E-state index < -0.39 is 41.2 Å². The molecule has 0 aromatic carbocycles. The molecule has 0 unspecified atom stereocenters. The van der Waals surface area contributed by atoms with Crippen molar-refractivity contribution in [2.45, 2.75) is 38.5 Å². The molecule has 11 nitrogen and oxygen atoms in total. The molecule has 0 aliphatic heterocycles. The molecule has 1 aromatic rings. The van der Waals surface area contributed by atoms with Crippen LogP contribution in [-0.4, -0.2) is 56.4 Å². The lowest BCUT2D eigenvalue weighted by Crippen LogP contribution is -2.53. The Hall–Kier alpha value is -2.73. The maximum Gasteiger partial charge on any atom is 0.350 e. The average Bonchev–Trinajstić information content (AvgIpc) is 2.90. The number of carboxylic acids is 2. The van der Waals surface area contributed by atoms with Crippen molar-refractivity contribution in [3.05, 3.63) is 11.1 Å². The Balaban J connectivity index is 3.17. The summed E-state index contributed by atoms with van der Waals surface area (Å²) in [5.41, 5.74) is 8.92. The first kappa shape index (κ1) is 20.3. The van der Waals surface area contributed by atoms with Crippen molar-refractivity contribution in [1.29, 1.82) is 0 Å². The largest absolute Gasteiger partial charge is 0.480 e. The van der Waals surface area contributed by atoms with E-state index in [0.717, 1.165) is 11.3 Å². The molecule has 12 heteroatoms. The third-order valence-electron chi connectivity index (χ3n) is 2.94. The van der Waals surface area contributed by atoms with Crippen molar-refractivity contribution < 1.29 is 29.4 Å². The van der Waals surface area contributed by atoms with Crippen molar-refractivity contribution in [2.75, 3.05) is 5.73 Å². The number of oxime groups is 1. The van der Waals surface area contributed by atoms with Crippen LogP contribution < -0.4 is 16.8 Å². The number of rotatable bonds is 8. The number of anilines is 1. The van der Waals surface area contributed by atoms with E-state index in [0.29, 0.717) is 0 Å². The highest BCUT2D eigenvalue weighted by molar-refractivity contribution is 7.13. The van der Waals surface area contributed by atoms with Gasteiger partial charge in [0, 0.05) is 11.4 Å². The normalized spacial score (nSPS) is 14.5. The number of thiazole rings is 1. The van der Waals surface area contributed by atoms with E-state index in [9.17, 15) is 14.4 Å². The highest BCUT2D eigenvalue weighted by Gasteiger charge is 2.32. The molecule has 0 aliphatic carbocycles. The highest BCUT2D eigenvalue weighted by Crippen LogP contribution is 2.15. The van der Waals surface area contributed by atoms with E-state index >= 15 is 0 Å². The van der Waals surface area contributed by atoms with Gasteiger partial charge >= 0.3 is 11.9 Å².